The molecule has 2 aromatic rings. The lowest BCUT2D eigenvalue weighted by molar-refractivity contribution is -0.147. The molecule has 1 aromatic heterocycles. The summed E-state index contributed by atoms with van der Waals surface area (Å²) in [6.45, 7) is 0.502. The fourth-order valence-corrected chi connectivity index (χ4v) is 3.66. The highest BCUT2D eigenvalue weighted by Gasteiger charge is 2.40. The highest BCUT2D eigenvalue weighted by atomic mass is 32.2. The monoisotopic (exact) mass is 449 g/mol. The SMILES string of the molecule is C[C@@H](NS(=O)(=O)c1cn(C)c(C(O)Nc2ccc(F)c(F)c2F)c1F)C(F)(F)F. The van der Waals surface area contributed by atoms with Gasteiger partial charge in [-0.05, 0) is 19.1 Å². The normalized spacial score (nSPS) is 14.7. The molecule has 0 saturated carbocycles. The number of anilines is 1. The van der Waals surface area contributed by atoms with Crippen molar-refractivity contribution in [3.63, 3.8) is 0 Å². The topological polar surface area (TPSA) is 83.4 Å². The Morgan fingerprint density at radius 2 is 1.66 bits per heavy atom. The largest absolute Gasteiger partial charge is 0.404 e. The van der Waals surface area contributed by atoms with Crippen LogP contribution in [0.1, 0.15) is 18.8 Å². The van der Waals surface area contributed by atoms with Gasteiger partial charge in [0.25, 0.3) is 0 Å². The van der Waals surface area contributed by atoms with Crippen molar-refractivity contribution in [1.82, 2.24) is 9.29 Å². The van der Waals surface area contributed by atoms with Gasteiger partial charge in [0.2, 0.25) is 10.0 Å². The average molecular weight is 449 g/mol. The van der Waals surface area contributed by atoms with Crippen molar-refractivity contribution < 1.29 is 44.3 Å². The average Bonchev–Trinajstić information content (AvgIpc) is 2.89. The van der Waals surface area contributed by atoms with Crippen LogP contribution in [-0.4, -0.2) is 30.3 Å². The van der Waals surface area contributed by atoms with Crippen LogP contribution < -0.4 is 10.0 Å². The lowest BCUT2D eigenvalue weighted by Gasteiger charge is -2.17. The summed E-state index contributed by atoms with van der Waals surface area (Å²) >= 11 is 0. The predicted octanol–water partition coefficient (Wildman–Crippen LogP) is 2.91. The van der Waals surface area contributed by atoms with Gasteiger partial charge >= 0.3 is 6.18 Å². The third-order valence-electron chi connectivity index (χ3n) is 3.83. The minimum atomic E-state index is -4.99. The first-order chi connectivity index (χ1) is 13.2. The number of aromatic nitrogens is 1. The zero-order valence-electron chi connectivity index (χ0n) is 14.7. The Morgan fingerprint density at radius 1 is 1.07 bits per heavy atom. The van der Waals surface area contributed by atoms with E-state index in [0.717, 1.165) is 11.6 Å². The molecule has 1 aromatic carbocycles. The minimum absolute atomic E-state index is 0.502. The van der Waals surface area contributed by atoms with Gasteiger partial charge < -0.3 is 15.0 Å². The van der Waals surface area contributed by atoms with E-state index < -0.39 is 68.0 Å². The molecule has 0 fully saturated rings. The van der Waals surface area contributed by atoms with Crippen LogP contribution in [0.3, 0.4) is 0 Å². The molecule has 0 aliphatic heterocycles. The number of nitrogens with zero attached hydrogens (tertiary/aromatic N) is 1. The summed E-state index contributed by atoms with van der Waals surface area (Å²) in [4.78, 5) is -1.21. The molecule has 6 nitrogen and oxygen atoms in total. The zero-order valence-corrected chi connectivity index (χ0v) is 15.5. The van der Waals surface area contributed by atoms with Crippen molar-refractivity contribution in [3.05, 3.63) is 47.3 Å². The van der Waals surface area contributed by atoms with Crippen molar-refractivity contribution in [2.24, 2.45) is 7.05 Å². The fraction of sp³-hybridized carbons (Fsp3) is 0.333. The van der Waals surface area contributed by atoms with E-state index >= 15 is 0 Å². The summed E-state index contributed by atoms with van der Waals surface area (Å²) in [7, 11) is -3.94. The highest BCUT2D eigenvalue weighted by Crippen LogP contribution is 2.29. The molecule has 2 rings (SSSR count). The number of alkyl halides is 3. The van der Waals surface area contributed by atoms with Crippen LogP contribution in [0.25, 0.3) is 0 Å². The first-order valence-electron chi connectivity index (χ1n) is 7.68. The summed E-state index contributed by atoms with van der Waals surface area (Å²) in [5.41, 5.74) is -1.58. The van der Waals surface area contributed by atoms with Gasteiger partial charge in [-0.3, -0.25) is 0 Å². The second kappa shape index (κ2) is 7.84. The molecule has 0 bridgehead atoms. The van der Waals surface area contributed by atoms with Gasteiger partial charge in [0.1, 0.15) is 16.6 Å². The number of rotatable bonds is 6. The molecule has 0 aliphatic rings. The van der Waals surface area contributed by atoms with Crippen LogP contribution in [-0.2, 0) is 17.1 Å². The molecular formula is C15H14F7N3O3S. The van der Waals surface area contributed by atoms with E-state index in [0.29, 0.717) is 25.3 Å². The number of nitrogens with one attached hydrogen (secondary N) is 2. The molecule has 0 amide bonds. The maximum atomic E-state index is 14.6. The third kappa shape index (κ3) is 4.64. The second-order valence-corrected chi connectivity index (χ2v) is 7.64. The van der Waals surface area contributed by atoms with E-state index in [2.05, 4.69) is 0 Å². The Morgan fingerprint density at radius 3 is 2.21 bits per heavy atom. The Balaban J connectivity index is 2.37. The Bertz CT molecular complexity index is 1020. The first kappa shape index (κ1) is 23.0. The van der Waals surface area contributed by atoms with Crippen LogP contribution in [0.15, 0.2) is 23.2 Å². The molecule has 162 valence electrons. The molecule has 1 heterocycles. The molecule has 1 unspecified atom stereocenters. The van der Waals surface area contributed by atoms with E-state index in [1.165, 1.54) is 4.72 Å². The molecule has 3 N–H and O–H groups in total. The van der Waals surface area contributed by atoms with Gasteiger partial charge in [-0.1, -0.05) is 0 Å². The van der Waals surface area contributed by atoms with Gasteiger partial charge in [-0.2, -0.15) is 17.9 Å². The van der Waals surface area contributed by atoms with E-state index in [1.807, 2.05) is 5.32 Å². The number of aliphatic hydroxyl groups is 1. The molecule has 0 spiro atoms. The number of hydrogen-bond acceptors (Lipinski definition) is 4. The first-order valence-corrected chi connectivity index (χ1v) is 9.17. The summed E-state index contributed by atoms with van der Waals surface area (Å²) in [6.07, 6.45) is -6.52. The number of benzene rings is 1. The van der Waals surface area contributed by atoms with Gasteiger partial charge in [-0.15, -0.1) is 0 Å². The molecule has 0 radical (unpaired) electrons. The Labute approximate surface area is 160 Å². The number of aliphatic hydroxyl groups excluding tert-OH is 1. The minimum Gasteiger partial charge on any atom is -0.368 e. The van der Waals surface area contributed by atoms with Gasteiger partial charge in [0, 0.05) is 13.2 Å². The highest BCUT2D eigenvalue weighted by molar-refractivity contribution is 7.89. The predicted molar refractivity (Wildman–Crippen MR) is 86.1 cm³/mol. The van der Waals surface area contributed by atoms with Crippen LogP contribution in [0.2, 0.25) is 0 Å². The summed E-state index contributed by atoms with van der Waals surface area (Å²) in [5.74, 6) is -6.75. The van der Waals surface area contributed by atoms with E-state index in [4.69, 9.17) is 0 Å². The molecule has 14 heteroatoms. The lowest BCUT2D eigenvalue weighted by Crippen LogP contribution is -2.43. The molecular weight excluding hydrogens is 435 g/mol. The van der Waals surface area contributed by atoms with Gasteiger partial charge in [0.05, 0.1) is 5.69 Å². The molecule has 0 saturated heterocycles. The molecule has 0 aliphatic carbocycles. The lowest BCUT2D eigenvalue weighted by atomic mass is 10.2. The molecule has 2 atom stereocenters. The fourth-order valence-electron chi connectivity index (χ4n) is 2.30. The Hall–Kier alpha value is -2.32. The van der Waals surface area contributed by atoms with E-state index in [-0.39, 0.29) is 0 Å². The smallest absolute Gasteiger partial charge is 0.368 e. The quantitative estimate of drug-likeness (QED) is 0.360. The van der Waals surface area contributed by atoms with E-state index in [1.54, 1.807) is 0 Å². The van der Waals surface area contributed by atoms with Crippen molar-refractivity contribution in [2.75, 3.05) is 5.32 Å². The summed E-state index contributed by atoms with van der Waals surface area (Å²) in [6, 6.07) is -1.32. The van der Waals surface area contributed by atoms with Crippen LogP contribution in [0.4, 0.5) is 36.4 Å². The van der Waals surface area contributed by atoms with Crippen molar-refractivity contribution in [3.8, 4) is 0 Å². The van der Waals surface area contributed by atoms with Crippen LogP contribution >= 0.6 is 0 Å². The van der Waals surface area contributed by atoms with Gasteiger partial charge in [0.15, 0.2) is 29.5 Å². The molecule has 29 heavy (non-hydrogen) atoms. The second-order valence-electron chi connectivity index (χ2n) is 5.96. The van der Waals surface area contributed by atoms with Crippen molar-refractivity contribution >= 4 is 15.7 Å². The van der Waals surface area contributed by atoms with Crippen LogP contribution in [0.5, 0.6) is 0 Å². The van der Waals surface area contributed by atoms with Gasteiger partial charge in [-0.25, -0.2) is 26.0 Å². The summed E-state index contributed by atoms with van der Waals surface area (Å²) in [5, 5.41) is 12.0. The summed E-state index contributed by atoms with van der Waals surface area (Å²) < 4.78 is 118. The van der Waals surface area contributed by atoms with Crippen molar-refractivity contribution in [1.29, 1.82) is 0 Å². The Kier molecular flexibility index (Phi) is 6.20. The van der Waals surface area contributed by atoms with Crippen molar-refractivity contribution in [2.45, 2.75) is 30.3 Å². The number of halogens is 7. The maximum Gasteiger partial charge on any atom is 0.404 e. The number of hydrogen-bond donors (Lipinski definition) is 3. The maximum absolute atomic E-state index is 14.6. The van der Waals surface area contributed by atoms with Crippen LogP contribution in [0, 0.1) is 23.3 Å². The van der Waals surface area contributed by atoms with E-state index in [9.17, 15) is 44.3 Å². The number of aryl methyl sites for hydroxylation is 1. The number of sulfonamides is 1. The zero-order chi connectivity index (χ0) is 22.3. The third-order valence-corrected chi connectivity index (χ3v) is 5.36. The standard InChI is InChI=1S/C15H14F7N3O3S/c1-6(15(20,21)22)24-29(27,28)9-5-25(2)13(12(9)19)14(26)23-8-4-3-7(16)10(17)11(8)18/h3-6,14,23-24,26H,1-2H3/t6-,14?/m1/s1.